The minimum atomic E-state index is -0.664. The van der Waals surface area contributed by atoms with Crippen LogP contribution >= 0.6 is 0 Å². The number of carbonyl (C=O) groups excluding carboxylic acids is 1. The van der Waals surface area contributed by atoms with Gasteiger partial charge in [0.1, 0.15) is 0 Å². The molecule has 58 valence electrons. The lowest BCUT2D eigenvalue weighted by Gasteiger charge is -1.92. The van der Waals surface area contributed by atoms with Crippen molar-refractivity contribution in [1.82, 2.24) is 9.97 Å². The van der Waals surface area contributed by atoms with Gasteiger partial charge in [-0.05, 0) is 6.92 Å². The number of aromatic amines is 2. The quantitative estimate of drug-likeness (QED) is 0.518. The Morgan fingerprint density at radius 1 is 1.27 bits per heavy atom. The number of hydrogen-bond acceptors (Lipinski definition) is 3. The average molecular weight is 154 g/mol. The number of rotatable bonds is 1. The fourth-order valence-corrected chi connectivity index (χ4v) is 0.684. The van der Waals surface area contributed by atoms with E-state index in [1.807, 2.05) is 4.98 Å². The van der Waals surface area contributed by atoms with Crippen LogP contribution in [0.4, 0.5) is 0 Å². The van der Waals surface area contributed by atoms with Gasteiger partial charge < -0.3 is 4.98 Å². The summed E-state index contributed by atoms with van der Waals surface area (Å²) in [7, 11) is 0. The Labute approximate surface area is 61.1 Å². The van der Waals surface area contributed by atoms with Crippen LogP contribution in [0.15, 0.2) is 9.59 Å². The van der Waals surface area contributed by atoms with Gasteiger partial charge in [-0.25, -0.2) is 4.79 Å². The summed E-state index contributed by atoms with van der Waals surface area (Å²) < 4.78 is 0. The van der Waals surface area contributed by atoms with Crippen molar-refractivity contribution < 1.29 is 4.79 Å². The molecular weight excluding hydrogens is 148 g/mol. The van der Waals surface area contributed by atoms with Crippen LogP contribution in [0.5, 0.6) is 0 Å². The van der Waals surface area contributed by atoms with E-state index < -0.39 is 11.2 Å². The van der Waals surface area contributed by atoms with Crippen LogP contribution in [0.1, 0.15) is 16.1 Å². The standard InChI is InChI=1S/C6H6N2O3/c1-3-4(2-9)7-6(11)8-5(3)10/h2H,1H3,(H2,7,8,10,11). The van der Waals surface area contributed by atoms with Crippen LogP contribution in [0.2, 0.25) is 0 Å². The summed E-state index contributed by atoms with van der Waals surface area (Å²) in [5, 5.41) is 0. The van der Waals surface area contributed by atoms with E-state index in [4.69, 9.17) is 0 Å². The molecule has 0 radical (unpaired) electrons. The monoisotopic (exact) mass is 154 g/mol. The van der Waals surface area contributed by atoms with E-state index in [1.165, 1.54) is 6.92 Å². The second kappa shape index (κ2) is 2.53. The highest BCUT2D eigenvalue weighted by molar-refractivity contribution is 5.73. The number of hydrogen-bond donors (Lipinski definition) is 2. The summed E-state index contributed by atoms with van der Waals surface area (Å²) in [6.07, 6.45) is 0.436. The molecule has 0 spiro atoms. The highest BCUT2D eigenvalue weighted by Gasteiger charge is 2.01. The molecule has 2 N–H and O–H groups in total. The van der Waals surface area contributed by atoms with Crippen LogP contribution in [0, 0.1) is 6.92 Å². The highest BCUT2D eigenvalue weighted by Crippen LogP contribution is 1.87. The molecule has 1 aromatic rings. The molecule has 5 heteroatoms. The Kier molecular flexibility index (Phi) is 1.72. The number of aldehydes is 1. The van der Waals surface area contributed by atoms with Gasteiger partial charge in [-0.3, -0.25) is 14.6 Å². The molecule has 0 amide bonds. The van der Waals surface area contributed by atoms with Crippen LogP contribution in [-0.2, 0) is 0 Å². The molecule has 1 heterocycles. The number of carbonyl (C=O) groups is 1. The third-order valence-corrected chi connectivity index (χ3v) is 1.34. The van der Waals surface area contributed by atoms with Crippen molar-refractivity contribution in [1.29, 1.82) is 0 Å². The zero-order valence-electron chi connectivity index (χ0n) is 5.80. The molecule has 0 bridgehead atoms. The summed E-state index contributed by atoms with van der Waals surface area (Å²) in [6.45, 7) is 1.46. The third kappa shape index (κ3) is 1.26. The molecule has 0 saturated heterocycles. The summed E-state index contributed by atoms with van der Waals surface area (Å²) in [4.78, 5) is 35.7. The predicted molar refractivity (Wildman–Crippen MR) is 37.8 cm³/mol. The second-order valence-corrected chi connectivity index (χ2v) is 2.06. The number of aromatic nitrogens is 2. The number of H-pyrrole nitrogens is 2. The Balaban J connectivity index is 3.61. The molecular formula is C6H6N2O3. The maximum absolute atomic E-state index is 10.8. The molecule has 1 aromatic heterocycles. The maximum atomic E-state index is 10.8. The van der Waals surface area contributed by atoms with E-state index in [0.29, 0.717) is 6.29 Å². The van der Waals surface area contributed by atoms with Gasteiger partial charge in [0.25, 0.3) is 5.56 Å². The molecule has 0 aliphatic heterocycles. The summed E-state index contributed by atoms with van der Waals surface area (Å²) in [5.41, 5.74) is -0.947. The lowest BCUT2D eigenvalue weighted by Crippen LogP contribution is -2.26. The van der Waals surface area contributed by atoms with E-state index >= 15 is 0 Å². The van der Waals surface area contributed by atoms with Crippen LogP contribution in [0.25, 0.3) is 0 Å². The fourth-order valence-electron chi connectivity index (χ4n) is 0.684. The maximum Gasteiger partial charge on any atom is 0.326 e. The van der Waals surface area contributed by atoms with Gasteiger partial charge in [0, 0.05) is 5.56 Å². The minimum Gasteiger partial charge on any atom is -0.304 e. The first-order chi connectivity index (χ1) is 5.15. The Morgan fingerprint density at radius 3 is 2.45 bits per heavy atom. The van der Waals surface area contributed by atoms with Crippen molar-refractivity contribution in [2.75, 3.05) is 0 Å². The lowest BCUT2D eigenvalue weighted by atomic mass is 10.3. The van der Waals surface area contributed by atoms with Gasteiger partial charge in [-0.15, -0.1) is 0 Å². The molecule has 0 aliphatic carbocycles. The van der Waals surface area contributed by atoms with Crippen molar-refractivity contribution in [2.24, 2.45) is 0 Å². The van der Waals surface area contributed by atoms with Gasteiger partial charge >= 0.3 is 5.69 Å². The SMILES string of the molecule is Cc1c(C=O)[nH]c(=O)[nH]c1=O. The fraction of sp³-hybridized carbons (Fsp3) is 0.167. The van der Waals surface area contributed by atoms with Crippen molar-refractivity contribution in [3.8, 4) is 0 Å². The lowest BCUT2D eigenvalue weighted by molar-refractivity contribution is 0.111. The average Bonchev–Trinajstić information content (AvgIpc) is 1.96. The van der Waals surface area contributed by atoms with Gasteiger partial charge in [-0.1, -0.05) is 0 Å². The van der Waals surface area contributed by atoms with E-state index in [1.54, 1.807) is 0 Å². The Hall–Kier alpha value is -1.65. The second-order valence-electron chi connectivity index (χ2n) is 2.06. The minimum absolute atomic E-state index is 0.0266. The van der Waals surface area contributed by atoms with E-state index in [0.717, 1.165) is 0 Å². The van der Waals surface area contributed by atoms with Crippen LogP contribution < -0.4 is 11.2 Å². The Morgan fingerprint density at radius 2 is 1.91 bits per heavy atom. The van der Waals surface area contributed by atoms with Gasteiger partial charge in [0.05, 0.1) is 5.69 Å². The van der Waals surface area contributed by atoms with E-state index in [9.17, 15) is 14.4 Å². The van der Waals surface area contributed by atoms with Crippen molar-refractivity contribution in [2.45, 2.75) is 6.92 Å². The molecule has 0 fully saturated rings. The predicted octanol–water partition coefficient (Wildman–Crippen LogP) is -0.816. The smallest absolute Gasteiger partial charge is 0.304 e. The Bertz CT molecular complexity index is 388. The van der Waals surface area contributed by atoms with Crippen molar-refractivity contribution >= 4 is 6.29 Å². The zero-order chi connectivity index (χ0) is 8.43. The van der Waals surface area contributed by atoms with Gasteiger partial charge in [0.15, 0.2) is 6.29 Å². The van der Waals surface area contributed by atoms with Crippen LogP contribution in [0.3, 0.4) is 0 Å². The van der Waals surface area contributed by atoms with E-state index in [-0.39, 0.29) is 11.3 Å². The van der Waals surface area contributed by atoms with E-state index in [2.05, 4.69) is 4.98 Å². The first-order valence-corrected chi connectivity index (χ1v) is 2.93. The molecule has 11 heavy (non-hydrogen) atoms. The van der Waals surface area contributed by atoms with Crippen LogP contribution in [-0.4, -0.2) is 16.3 Å². The van der Waals surface area contributed by atoms with Gasteiger partial charge in [-0.2, -0.15) is 0 Å². The molecule has 1 rings (SSSR count). The largest absolute Gasteiger partial charge is 0.326 e. The third-order valence-electron chi connectivity index (χ3n) is 1.34. The molecule has 0 unspecified atom stereocenters. The summed E-state index contributed by atoms with van der Waals surface area (Å²) in [5.74, 6) is 0. The topological polar surface area (TPSA) is 82.8 Å². The molecule has 5 nitrogen and oxygen atoms in total. The number of nitrogens with one attached hydrogen (secondary N) is 2. The molecule has 0 saturated carbocycles. The first kappa shape index (κ1) is 7.46. The van der Waals surface area contributed by atoms with Crippen molar-refractivity contribution in [3.63, 3.8) is 0 Å². The van der Waals surface area contributed by atoms with Gasteiger partial charge in [0.2, 0.25) is 0 Å². The molecule has 0 atom stereocenters. The summed E-state index contributed by atoms with van der Waals surface area (Å²) >= 11 is 0. The molecule has 0 aliphatic rings. The first-order valence-electron chi connectivity index (χ1n) is 2.93. The van der Waals surface area contributed by atoms with Crippen molar-refractivity contribution in [3.05, 3.63) is 32.1 Å². The normalized spacial score (nSPS) is 9.55. The zero-order valence-corrected chi connectivity index (χ0v) is 5.80. The summed E-state index contributed by atoms with van der Waals surface area (Å²) in [6, 6.07) is 0. The molecule has 0 aromatic carbocycles. The highest BCUT2D eigenvalue weighted by atomic mass is 16.2.